The molecule has 0 aliphatic carbocycles. The van der Waals surface area contributed by atoms with Crippen molar-refractivity contribution in [2.75, 3.05) is 9.80 Å². The van der Waals surface area contributed by atoms with Gasteiger partial charge in [-0.25, -0.2) is 0 Å². The molecule has 0 atom stereocenters. The summed E-state index contributed by atoms with van der Waals surface area (Å²) in [5, 5.41) is 0. The van der Waals surface area contributed by atoms with E-state index in [2.05, 4.69) is 96.4 Å². The molecule has 0 radical (unpaired) electrons. The first-order chi connectivity index (χ1) is 17.7. The molecule has 5 aromatic rings. The van der Waals surface area contributed by atoms with Crippen LogP contribution in [0.5, 0.6) is 23.0 Å². The van der Waals surface area contributed by atoms with Crippen molar-refractivity contribution >= 4 is 34.1 Å². The van der Waals surface area contributed by atoms with Gasteiger partial charge in [0.15, 0.2) is 23.0 Å². The van der Waals surface area contributed by atoms with Crippen LogP contribution in [0.3, 0.4) is 0 Å². The number of fused-ring (bicyclic) bond motifs is 4. The molecular formula is C32H24N2O2. The molecular weight excluding hydrogens is 444 g/mol. The highest BCUT2D eigenvalue weighted by atomic mass is 16.5. The standard InChI is InChI=1S/C32H24N2O2/c1-21-11-17-27-31(19-21)36-32-20-22(2)12-18-28(32)34(27)24-15-13-23(14-16-24)33-25-7-3-5-9-29(25)35-30-10-6-4-8-26(30)33/h3-20H,1-2H3. The number of benzene rings is 5. The Kier molecular flexibility index (Phi) is 4.55. The van der Waals surface area contributed by atoms with E-state index < -0.39 is 0 Å². The summed E-state index contributed by atoms with van der Waals surface area (Å²) in [5.41, 5.74) is 8.61. The van der Waals surface area contributed by atoms with Crippen LogP contribution in [0.2, 0.25) is 0 Å². The lowest BCUT2D eigenvalue weighted by Crippen LogP contribution is -2.17. The Morgan fingerprint density at radius 2 is 0.806 bits per heavy atom. The molecule has 0 amide bonds. The van der Waals surface area contributed by atoms with Crippen molar-refractivity contribution in [2.24, 2.45) is 0 Å². The molecule has 0 aromatic heterocycles. The third-order valence-corrected chi connectivity index (χ3v) is 6.73. The molecule has 0 N–H and O–H groups in total. The summed E-state index contributed by atoms with van der Waals surface area (Å²) in [6.45, 7) is 4.18. The van der Waals surface area contributed by atoms with Crippen molar-refractivity contribution in [2.45, 2.75) is 13.8 Å². The molecule has 4 heteroatoms. The highest BCUT2D eigenvalue weighted by Crippen LogP contribution is 2.53. The van der Waals surface area contributed by atoms with Crippen LogP contribution in [0.1, 0.15) is 11.1 Å². The van der Waals surface area contributed by atoms with Crippen molar-refractivity contribution in [3.05, 3.63) is 120 Å². The van der Waals surface area contributed by atoms with Gasteiger partial charge >= 0.3 is 0 Å². The van der Waals surface area contributed by atoms with Crippen LogP contribution in [0.25, 0.3) is 0 Å². The highest BCUT2D eigenvalue weighted by Gasteiger charge is 2.28. The molecule has 174 valence electrons. The Morgan fingerprint density at radius 1 is 0.417 bits per heavy atom. The zero-order valence-electron chi connectivity index (χ0n) is 20.1. The fourth-order valence-corrected chi connectivity index (χ4v) is 5.04. The average Bonchev–Trinajstić information content (AvgIpc) is 2.90. The van der Waals surface area contributed by atoms with E-state index in [1.165, 1.54) is 11.1 Å². The molecule has 0 bridgehead atoms. The topological polar surface area (TPSA) is 24.9 Å². The van der Waals surface area contributed by atoms with Crippen LogP contribution in [0.4, 0.5) is 34.1 Å². The van der Waals surface area contributed by atoms with Gasteiger partial charge in [-0.2, -0.15) is 0 Å². The highest BCUT2D eigenvalue weighted by molar-refractivity contribution is 5.89. The Morgan fingerprint density at radius 3 is 1.28 bits per heavy atom. The van der Waals surface area contributed by atoms with Crippen molar-refractivity contribution in [3.63, 3.8) is 0 Å². The van der Waals surface area contributed by atoms with E-state index in [-0.39, 0.29) is 0 Å². The van der Waals surface area contributed by atoms with Gasteiger partial charge in [-0.3, -0.25) is 0 Å². The lowest BCUT2D eigenvalue weighted by atomic mass is 10.1. The number of hydrogen-bond acceptors (Lipinski definition) is 4. The van der Waals surface area contributed by atoms with E-state index in [1.54, 1.807) is 0 Å². The van der Waals surface area contributed by atoms with Crippen LogP contribution >= 0.6 is 0 Å². The largest absolute Gasteiger partial charge is 0.453 e. The first-order valence-corrected chi connectivity index (χ1v) is 12.1. The maximum atomic E-state index is 6.32. The monoisotopic (exact) mass is 468 g/mol. The van der Waals surface area contributed by atoms with E-state index in [0.29, 0.717) is 0 Å². The Hall–Kier alpha value is -4.70. The fraction of sp³-hybridized carbons (Fsp3) is 0.0625. The zero-order chi connectivity index (χ0) is 24.2. The third kappa shape index (κ3) is 3.23. The minimum absolute atomic E-state index is 0.849. The van der Waals surface area contributed by atoms with E-state index in [9.17, 15) is 0 Å². The fourth-order valence-electron chi connectivity index (χ4n) is 5.04. The van der Waals surface area contributed by atoms with E-state index >= 15 is 0 Å². The molecule has 0 fully saturated rings. The molecule has 5 aromatic carbocycles. The first-order valence-electron chi connectivity index (χ1n) is 12.1. The average molecular weight is 469 g/mol. The Balaban J connectivity index is 1.35. The molecule has 0 saturated heterocycles. The number of aryl methyl sites for hydroxylation is 2. The minimum Gasteiger partial charge on any atom is -0.453 e. The maximum Gasteiger partial charge on any atom is 0.151 e. The van der Waals surface area contributed by atoms with Gasteiger partial charge in [0.2, 0.25) is 0 Å². The van der Waals surface area contributed by atoms with Gasteiger partial charge in [-0.05, 0) is 97.8 Å². The van der Waals surface area contributed by atoms with Crippen LogP contribution in [-0.4, -0.2) is 0 Å². The molecule has 2 heterocycles. The Labute approximate surface area is 210 Å². The van der Waals surface area contributed by atoms with E-state index in [0.717, 1.165) is 57.1 Å². The minimum atomic E-state index is 0.849. The van der Waals surface area contributed by atoms with Crippen molar-refractivity contribution in [1.82, 2.24) is 0 Å². The number of rotatable bonds is 2. The van der Waals surface area contributed by atoms with Gasteiger partial charge in [-0.15, -0.1) is 0 Å². The van der Waals surface area contributed by atoms with Gasteiger partial charge in [0.25, 0.3) is 0 Å². The summed E-state index contributed by atoms with van der Waals surface area (Å²) in [7, 11) is 0. The second-order valence-electron chi connectivity index (χ2n) is 9.27. The normalized spacial score (nSPS) is 13.1. The number of ether oxygens (including phenoxy) is 2. The lowest BCUT2D eigenvalue weighted by Gasteiger charge is -2.35. The van der Waals surface area contributed by atoms with Crippen LogP contribution in [0.15, 0.2) is 109 Å². The molecule has 4 nitrogen and oxygen atoms in total. The molecule has 2 aliphatic heterocycles. The second kappa shape index (κ2) is 7.92. The van der Waals surface area contributed by atoms with Gasteiger partial charge in [0.1, 0.15) is 0 Å². The van der Waals surface area contributed by atoms with E-state index in [4.69, 9.17) is 9.47 Å². The van der Waals surface area contributed by atoms with Gasteiger partial charge in [-0.1, -0.05) is 36.4 Å². The van der Waals surface area contributed by atoms with Crippen molar-refractivity contribution < 1.29 is 9.47 Å². The predicted molar refractivity (Wildman–Crippen MR) is 145 cm³/mol. The lowest BCUT2D eigenvalue weighted by molar-refractivity contribution is 0.476. The smallest absolute Gasteiger partial charge is 0.151 e. The van der Waals surface area contributed by atoms with Crippen molar-refractivity contribution in [1.29, 1.82) is 0 Å². The van der Waals surface area contributed by atoms with Gasteiger partial charge in [0, 0.05) is 11.4 Å². The summed E-state index contributed by atoms with van der Waals surface area (Å²) in [6, 6.07) is 37.7. The SMILES string of the molecule is Cc1ccc2c(c1)Oc1cc(C)ccc1N2c1ccc(N2c3ccccc3Oc3ccccc32)cc1. The van der Waals surface area contributed by atoms with E-state index in [1.807, 2.05) is 36.4 Å². The van der Waals surface area contributed by atoms with Crippen LogP contribution < -0.4 is 19.3 Å². The summed E-state index contributed by atoms with van der Waals surface area (Å²) >= 11 is 0. The van der Waals surface area contributed by atoms with Crippen molar-refractivity contribution in [3.8, 4) is 23.0 Å². The molecule has 0 spiro atoms. The maximum absolute atomic E-state index is 6.32. The van der Waals surface area contributed by atoms with Gasteiger partial charge in [0.05, 0.1) is 22.7 Å². The zero-order valence-corrected chi connectivity index (χ0v) is 20.1. The summed E-state index contributed by atoms with van der Waals surface area (Å²) < 4.78 is 12.5. The second-order valence-corrected chi connectivity index (χ2v) is 9.27. The molecule has 0 saturated carbocycles. The number of hydrogen-bond donors (Lipinski definition) is 0. The molecule has 7 rings (SSSR count). The number of para-hydroxylation sites is 4. The predicted octanol–water partition coefficient (Wildman–Crippen LogP) is 9.45. The number of nitrogens with zero attached hydrogens (tertiary/aromatic N) is 2. The number of anilines is 6. The quantitative estimate of drug-likeness (QED) is 0.252. The summed E-state index contributed by atoms with van der Waals surface area (Å²) in [5.74, 6) is 3.44. The molecule has 2 aliphatic rings. The summed E-state index contributed by atoms with van der Waals surface area (Å²) in [4.78, 5) is 4.53. The molecule has 36 heavy (non-hydrogen) atoms. The third-order valence-electron chi connectivity index (χ3n) is 6.73. The first kappa shape index (κ1) is 20.7. The molecule has 0 unspecified atom stereocenters. The Bertz CT molecular complexity index is 1530. The van der Waals surface area contributed by atoms with Crippen LogP contribution in [0, 0.1) is 13.8 Å². The van der Waals surface area contributed by atoms with Crippen LogP contribution in [-0.2, 0) is 0 Å². The van der Waals surface area contributed by atoms with Gasteiger partial charge < -0.3 is 19.3 Å². The summed E-state index contributed by atoms with van der Waals surface area (Å²) in [6.07, 6.45) is 0.